The highest BCUT2D eigenvalue weighted by atomic mass is 35.5. The zero-order chi connectivity index (χ0) is 25.7. The molecule has 36 heavy (non-hydrogen) atoms. The highest BCUT2D eigenvalue weighted by Crippen LogP contribution is 2.35. The molecule has 1 aliphatic heterocycles. The molecule has 4 nitrogen and oxygen atoms in total. The topological polar surface area (TPSA) is 43.8 Å². The van der Waals surface area contributed by atoms with Crippen molar-refractivity contribution in [2.24, 2.45) is 0 Å². The average molecular weight is 526 g/mol. The van der Waals surface area contributed by atoms with E-state index in [-0.39, 0.29) is 11.8 Å². The van der Waals surface area contributed by atoms with Gasteiger partial charge in [-0.15, -0.1) is 0 Å². The van der Waals surface area contributed by atoms with E-state index in [9.17, 15) is 9.90 Å². The molecule has 1 N–H and O–H groups in total. The summed E-state index contributed by atoms with van der Waals surface area (Å²) in [4.78, 5) is 17.5. The van der Waals surface area contributed by atoms with Crippen molar-refractivity contribution in [3.63, 3.8) is 0 Å². The van der Waals surface area contributed by atoms with Crippen LogP contribution in [0.2, 0.25) is 10.0 Å². The number of aliphatic hydroxyl groups is 1. The first-order valence-corrected chi connectivity index (χ1v) is 13.3. The molecular formula is C30H34Cl2N2O2. The number of hydrogen-bond donors (Lipinski definition) is 1. The summed E-state index contributed by atoms with van der Waals surface area (Å²) in [6.45, 7) is 4.49. The maximum atomic E-state index is 13.3. The molecule has 3 aromatic rings. The van der Waals surface area contributed by atoms with E-state index in [1.54, 1.807) is 4.90 Å². The van der Waals surface area contributed by atoms with Crippen molar-refractivity contribution in [3.05, 3.63) is 99.5 Å². The number of piperidine rings is 1. The van der Waals surface area contributed by atoms with E-state index in [1.807, 2.05) is 86.8 Å². The van der Waals surface area contributed by atoms with Crippen LogP contribution in [-0.2, 0) is 10.4 Å². The molecule has 1 unspecified atom stereocenters. The number of halogens is 2. The molecule has 190 valence electrons. The summed E-state index contributed by atoms with van der Waals surface area (Å²) < 4.78 is 0. The highest BCUT2D eigenvalue weighted by Gasteiger charge is 2.34. The van der Waals surface area contributed by atoms with E-state index in [0.717, 1.165) is 48.4 Å². The lowest BCUT2D eigenvalue weighted by atomic mass is 9.84. The van der Waals surface area contributed by atoms with E-state index in [0.29, 0.717) is 29.3 Å². The van der Waals surface area contributed by atoms with E-state index in [1.165, 1.54) is 0 Å². The number of aryl methyl sites for hydroxylation is 1. The van der Waals surface area contributed by atoms with E-state index < -0.39 is 5.60 Å². The fourth-order valence-corrected chi connectivity index (χ4v) is 5.40. The zero-order valence-corrected chi connectivity index (χ0v) is 22.5. The standard InChI is InChI=1S/C30H34Cl2N2O2/c1-22-8-6-7-11-28(22)33(2)29(35)21-24(23-12-13-26(31)27(32)20-23)14-17-34-18-15-30(36,16-19-34)25-9-4-3-5-10-25/h3-13,20,24,36H,14-19,21H2,1-2H3. The molecular weight excluding hydrogens is 491 g/mol. The van der Waals surface area contributed by atoms with Gasteiger partial charge in [-0.3, -0.25) is 4.79 Å². The first-order chi connectivity index (χ1) is 17.3. The van der Waals surface area contributed by atoms with Gasteiger partial charge >= 0.3 is 0 Å². The summed E-state index contributed by atoms with van der Waals surface area (Å²) in [7, 11) is 1.84. The van der Waals surface area contributed by atoms with Gasteiger partial charge in [0.05, 0.1) is 15.6 Å². The Labute approximate surface area is 224 Å². The lowest BCUT2D eigenvalue weighted by Crippen LogP contribution is -2.43. The zero-order valence-electron chi connectivity index (χ0n) is 21.0. The van der Waals surface area contributed by atoms with Gasteiger partial charge in [0.2, 0.25) is 5.91 Å². The van der Waals surface area contributed by atoms with Crippen LogP contribution in [0.3, 0.4) is 0 Å². The van der Waals surface area contributed by atoms with Gasteiger partial charge < -0.3 is 14.9 Å². The van der Waals surface area contributed by atoms with Crippen LogP contribution >= 0.6 is 23.2 Å². The molecule has 0 bridgehead atoms. The van der Waals surface area contributed by atoms with Crippen molar-refractivity contribution < 1.29 is 9.90 Å². The Morgan fingerprint density at radius 1 is 1.00 bits per heavy atom. The van der Waals surface area contributed by atoms with Gasteiger partial charge in [0.25, 0.3) is 0 Å². The Morgan fingerprint density at radius 2 is 1.67 bits per heavy atom. The summed E-state index contributed by atoms with van der Waals surface area (Å²) in [6, 6.07) is 23.5. The van der Waals surface area contributed by atoms with Gasteiger partial charge in [-0.1, -0.05) is 77.8 Å². The van der Waals surface area contributed by atoms with Crippen molar-refractivity contribution in [2.75, 3.05) is 31.6 Å². The summed E-state index contributed by atoms with van der Waals surface area (Å²) in [5.41, 5.74) is 3.23. The normalized spacial score (nSPS) is 16.5. The van der Waals surface area contributed by atoms with Gasteiger partial charge in [0.15, 0.2) is 0 Å². The van der Waals surface area contributed by atoms with Gasteiger partial charge in [-0.25, -0.2) is 0 Å². The van der Waals surface area contributed by atoms with Gasteiger partial charge in [-0.05, 0) is 73.5 Å². The van der Waals surface area contributed by atoms with Crippen LogP contribution < -0.4 is 4.90 Å². The molecule has 3 aromatic carbocycles. The monoisotopic (exact) mass is 524 g/mol. The number of amides is 1. The molecule has 1 amide bonds. The van der Waals surface area contributed by atoms with Crippen molar-refractivity contribution in [1.82, 2.24) is 4.90 Å². The van der Waals surface area contributed by atoms with Crippen LogP contribution in [0.25, 0.3) is 0 Å². The number of para-hydroxylation sites is 1. The minimum absolute atomic E-state index is 0.00803. The smallest absolute Gasteiger partial charge is 0.227 e. The Morgan fingerprint density at radius 3 is 2.33 bits per heavy atom. The molecule has 0 aromatic heterocycles. The van der Waals surface area contributed by atoms with E-state index >= 15 is 0 Å². The van der Waals surface area contributed by atoms with E-state index in [2.05, 4.69) is 4.90 Å². The molecule has 4 rings (SSSR count). The number of rotatable bonds is 8. The summed E-state index contributed by atoms with van der Waals surface area (Å²) in [5, 5.41) is 12.2. The third-order valence-electron chi connectivity index (χ3n) is 7.48. The van der Waals surface area contributed by atoms with Crippen LogP contribution in [-0.4, -0.2) is 42.6 Å². The van der Waals surface area contributed by atoms with Crippen LogP contribution in [0, 0.1) is 6.92 Å². The number of hydrogen-bond acceptors (Lipinski definition) is 3. The van der Waals surface area contributed by atoms with Crippen LogP contribution in [0.4, 0.5) is 5.69 Å². The first kappa shape index (κ1) is 26.7. The predicted molar refractivity (Wildman–Crippen MR) is 149 cm³/mol. The summed E-state index contributed by atoms with van der Waals surface area (Å²) in [5.74, 6) is 0.0751. The quantitative estimate of drug-likeness (QED) is 0.351. The highest BCUT2D eigenvalue weighted by molar-refractivity contribution is 6.42. The fraction of sp³-hybridized carbons (Fsp3) is 0.367. The summed E-state index contributed by atoms with van der Waals surface area (Å²) >= 11 is 12.5. The maximum absolute atomic E-state index is 13.3. The number of benzene rings is 3. The molecule has 0 saturated carbocycles. The average Bonchev–Trinajstić information content (AvgIpc) is 2.89. The molecule has 1 atom stereocenters. The predicted octanol–water partition coefficient (Wildman–Crippen LogP) is 6.81. The van der Waals surface area contributed by atoms with E-state index in [4.69, 9.17) is 23.2 Å². The fourth-order valence-electron chi connectivity index (χ4n) is 5.10. The Bertz CT molecular complexity index is 1180. The molecule has 0 radical (unpaired) electrons. The van der Waals surface area contributed by atoms with Crippen LogP contribution in [0.1, 0.15) is 48.3 Å². The molecule has 0 spiro atoms. The molecule has 0 aliphatic carbocycles. The Hall–Kier alpha value is -2.37. The van der Waals surface area contributed by atoms with Gasteiger partial charge in [0, 0.05) is 32.2 Å². The first-order valence-electron chi connectivity index (χ1n) is 12.5. The van der Waals surface area contributed by atoms with Crippen molar-refractivity contribution in [1.29, 1.82) is 0 Å². The number of carbonyl (C=O) groups excluding carboxylic acids is 1. The van der Waals surface area contributed by atoms with Gasteiger partial charge in [-0.2, -0.15) is 0 Å². The van der Waals surface area contributed by atoms with Crippen molar-refractivity contribution in [2.45, 2.75) is 44.1 Å². The lowest BCUT2D eigenvalue weighted by Gasteiger charge is -2.39. The molecule has 1 aliphatic rings. The Kier molecular flexibility index (Phi) is 8.74. The number of nitrogens with zero attached hydrogens (tertiary/aromatic N) is 2. The number of likely N-dealkylation sites (tertiary alicyclic amines) is 1. The minimum atomic E-state index is -0.771. The third kappa shape index (κ3) is 6.30. The molecule has 1 heterocycles. The molecule has 1 saturated heterocycles. The number of carbonyl (C=O) groups is 1. The largest absolute Gasteiger partial charge is 0.385 e. The Balaban J connectivity index is 1.44. The molecule has 6 heteroatoms. The second kappa shape index (κ2) is 11.8. The van der Waals surface area contributed by atoms with Crippen molar-refractivity contribution in [3.8, 4) is 0 Å². The maximum Gasteiger partial charge on any atom is 0.227 e. The van der Waals surface area contributed by atoms with Crippen LogP contribution in [0.15, 0.2) is 72.8 Å². The minimum Gasteiger partial charge on any atom is -0.385 e. The number of anilines is 1. The van der Waals surface area contributed by atoms with Crippen molar-refractivity contribution >= 4 is 34.8 Å². The SMILES string of the molecule is Cc1ccccc1N(C)C(=O)CC(CCN1CCC(O)(c2ccccc2)CC1)c1ccc(Cl)c(Cl)c1. The van der Waals surface area contributed by atoms with Crippen LogP contribution in [0.5, 0.6) is 0 Å². The lowest BCUT2D eigenvalue weighted by molar-refractivity contribution is -0.118. The second-order valence-corrected chi connectivity index (χ2v) is 10.7. The second-order valence-electron chi connectivity index (χ2n) is 9.84. The molecule has 1 fully saturated rings. The summed E-state index contributed by atoms with van der Waals surface area (Å²) in [6.07, 6.45) is 2.59. The third-order valence-corrected chi connectivity index (χ3v) is 8.21. The van der Waals surface area contributed by atoms with Gasteiger partial charge in [0.1, 0.15) is 0 Å².